The average molecular weight is 397 g/mol. The van der Waals surface area contributed by atoms with Crippen LogP contribution in [0, 0.1) is 20.8 Å². The predicted molar refractivity (Wildman–Crippen MR) is 112 cm³/mol. The normalized spacial score (nSPS) is 10.5. The number of amides is 1. The number of ether oxygens (including phenoxy) is 1. The molecule has 6 nitrogen and oxygen atoms in total. The Morgan fingerprint density at radius 1 is 1.00 bits per heavy atom. The summed E-state index contributed by atoms with van der Waals surface area (Å²) in [4.78, 5) is 21.5. The lowest BCUT2D eigenvalue weighted by Crippen LogP contribution is -2.16. The molecule has 2 aromatic carbocycles. The Kier molecular flexibility index (Phi) is 5.80. The molecule has 0 aliphatic rings. The molecule has 0 unspecified atom stereocenters. The first-order valence-corrected chi connectivity index (χ1v) is 9.08. The molecule has 0 aliphatic heterocycles. The third kappa shape index (κ3) is 4.78. The fourth-order valence-electron chi connectivity index (χ4n) is 2.88. The van der Waals surface area contributed by atoms with Crippen LogP contribution in [0.4, 0.5) is 17.3 Å². The van der Waals surface area contributed by atoms with Crippen molar-refractivity contribution in [2.24, 2.45) is 0 Å². The zero-order valence-electron chi connectivity index (χ0n) is 16.1. The Hall–Kier alpha value is -3.12. The van der Waals surface area contributed by atoms with Crippen LogP contribution in [0.25, 0.3) is 0 Å². The van der Waals surface area contributed by atoms with Crippen molar-refractivity contribution in [3.63, 3.8) is 0 Å². The zero-order chi connectivity index (χ0) is 20.3. The lowest BCUT2D eigenvalue weighted by Gasteiger charge is -2.12. The molecule has 0 fully saturated rings. The van der Waals surface area contributed by atoms with Gasteiger partial charge >= 0.3 is 0 Å². The number of benzene rings is 2. The van der Waals surface area contributed by atoms with Crippen LogP contribution in [0.2, 0.25) is 5.02 Å². The van der Waals surface area contributed by atoms with Crippen LogP contribution in [0.3, 0.4) is 0 Å². The highest BCUT2D eigenvalue weighted by Crippen LogP contribution is 2.28. The SMILES string of the molecule is COc1ccc(Cl)cc1NC(=O)c1cc(C)nc(Nc2cc(C)cc(C)c2)n1. The number of halogens is 1. The molecule has 3 rings (SSSR count). The summed E-state index contributed by atoms with van der Waals surface area (Å²) in [6.07, 6.45) is 0. The Balaban J connectivity index is 1.86. The molecule has 0 radical (unpaired) electrons. The van der Waals surface area contributed by atoms with Crippen LogP contribution in [-0.2, 0) is 0 Å². The number of rotatable bonds is 5. The molecule has 0 atom stereocenters. The van der Waals surface area contributed by atoms with Crippen LogP contribution < -0.4 is 15.4 Å². The first kappa shape index (κ1) is 19.6. The van der Waals surface area contributed by atoms with E-state index >= 15 is 0 Å². The number of aryl methyl sites for hydroxylation is 3. The van der Waals surface area contributed by atoms with Crippen LogP contribution in [0.15, 0.2) is 42.5 Å². The molecule has 1 aromatic heterocycles. The standard InChI is InChI=1S/C21H21ClN4O2/c1-12-7-13(2)9-16(8-12)24-21-23-14(3)10-18(26-21)20(27)25-17-11-15(22)5-6-19(17)28-4/h5-11H,1-4H3,(H,25,27)(H,23,24,26). The number of carbonyl (C=O) groups is 1. The molecule has 144 valence electrons. The summed E-state index contributed by atoms with van der Waals surface area (Å²) in [5, 5.41) is 6.45. The molecule has 7 heteroatoms. The molecule has 28 heavy (non-hydrogen) atoms. The first-order valence-electron chi connectivity index (χ1n) is 8.70. The van der Waals surface area contributed by atoms with Gasteiger partial charge in [0, 0.05) is 16.4 Å². The number of aromatic nitrogens is 2. The van der Waals surface area contributed by atoms with Crippen molar-refractivity contribution in [3.8, 4) is 5.75 Å². The van der Waals surface area contributed by atoms with Crippen LogP contribution in [0.5, 0.6) is 5.75 Å². The second-order valence-electron chi connectivity index (χ2n) is 6.52. The maximum Gasteiger partial charge on any atom is 0.274 e. The monoisotopic (exact) mass is 396 g/mol. The van der Waals surface area contributed by atoms with Crippen molar-refractivity contribution in [3.05, 3.63) is 70.0 Å². The van der Waals surface area contributed by atoms with Crippen LogP contribution >= 0.6 is 11.6 Å². The summed E-state index contributed by atoms with van der Waals surface area (Å²) in [5.74, 6) is 0.486. The van der Waals surface area contributed by atoms with Crippen molar-refractivity contribution in [1.29, 1.82) is 0 Å². The van der Waals surface area contributed by atoms with Crippen molar-refractivity contribution in [2.45, 2.75) is 20.8 Å². The maximum absolute atomic E-state index is 12.7. The molecule has 0 bridgehead atoms. The van der Waals surface area contributed by atoms with E-state index in [4.69, 9.17) is 16.3 Å². The minimum absolute atomic E-state index is 0.237. The summed E-state index contributed by atoms with van der Waals surface area (Å²) in [7, 11) is 1.53. The number of nitrogens with zero attached hydrogens (tertiary/aromatic N) is 2. The van der Waals surface area contributed by atoms with Gasteiger partial charge in [-0.15, -0.1) is 0 Å². The van der Waals surface area contributed by atoms with Gasteiger partial charge in [0.15, 0.2) is 0 Å². The smallest absolute Gasteiger partial charge is 0.274 e. The Morgan fingerprint density at radius 3 is 2.39 bits per heavy atom. The number of hydrogen-bond donors (Lipinski definition) is 2. The molecular weight excluding hydrogens is 376 g/mol. The van der Waals surface area contributed by atoms with Gasteiger partial charge in [-0.1, -0.05) is 17.7 Å². The third-order valence-electron chi connectivity index (χ3n) is 3.97. The Morgan fingerprint density at radius 2 is 1.71 bits per heavy atom. The van der Waals surface area contributed by atoms with E-state index in [9.17, 15) is 4.79 Å². The minimum atomic E-state index is -0.380. The molecule has 3 aromatic rings. The third-order valence-corrected chi connectivity index (χ3v) is 4.21. The van der Waals surface area contributed by atoms with Crippen molar-refractivity contribution >= 4 is 34.8 Å². The lowest BCUT2D eigenvalue weighted by molar-refractivity contribution is 0.102. The molecule has 1 heterocycles. The van der Waals surface area contributed by atoms with E-state index in [1.807, 2.05) is 32.9 Å². The van der Waals surface area contributed by atoms with Gasteiger partial charge in [-0.2, -0.15) is 0 Å². The largest absolute Gasteiger partial charge is 0.495 e. The number of hydrogen-bond acceptors (Lipinski definition) is 5. The Labute approximate surface area is 168 Å². The van der Waals surface area contributed by atoms with E-state index in [0.29, 0.717) is 28.1 Å². The molecule has 0 saturated carbocycles. The van der Waals surface area contributed by atoms with Crippen molar-refractivity contribution in [1.82, 2.24) is 9.97 Å². The van der Waals surface area contributed by atoms with E-state index in [1.165, 1.54) is 7.11 Å². The second kappa shape index (κ2) is 8.27. The minimum Gasteiger partial charge on any atom is -0.495 e. The summed E-state index contributed by atoms with van der Waals surface area (Å²) in [6.45, 7) is 5.85. The van der Waals surface area contributed by atoms with Gasteiger partial charge in [-0.3, -0.25) is 4.79 Å². The molecular formula is C21H21ClN4O2. The van der Waals surface area contributed by atoms with Crippen LogP contribution in [-0.4, -0.2) is 23.0 Å². The lowest BCUT2D eigenvalue weighted by atomic mass is 10.1. The number of carbonyl (C=O) groups excluding carboxylic acids is 1. The van der Waals surface area contributed by atoms with Gasteiger partial charge < -0.3 is 15.4 Å². The van der Waals surface area contributed by atoms with Gasteiger partial charge in [0.25, 0.3) is 5.91 Å². The number of methoxy groups -OCH3 is 1. The van der Waals surface area contributed by atoms with E-state index in [0.717, 1.165) is 16.8 Å². The van der Waals surface area contributed by atoms with E-state index in [-0.39, 0.29) is 11.6 Å². The van der Waals surface area contributed by atoms with E-state index in [2.05, 4.69) is 26.7 Å². The molecule has 1 amide bonds. The topological polar surface area (TPSA) is 76.1 Å². The highest BCUT2D eigenvalue weighted by atomic mass is 35.5. The van der Waals surface area contributed by atoms with Crippen molar-refractivity contribution < 1.29 is 9.53 Å². The second-order valence-corrected chi connectivity index (χ2v) is 6.95. The van der Waals surface area contributed by atoms with Gasteiger partial charge in [0.1, 0.15) is 11.4 Å². The molecule has 0 aliphatic carbocycles. The summed E-state index contributed by atoms with van der Waals surface area (Å²) < 4.78 is 5.27. The van der Waals surface area contributed by atoms with E-state index in [1.54, 1.807) is 24.3 Å². The first-order chi connectivity index (χ1) is 13.3. The quantitative estimate of drug-likeness (QED) is 0.630. The molecule has 2 N–H and O–H groups in total. The fourth-order valence-corrected chi connectivity index (χ4v) is 3.05. The van der Waals surface area contributed by atoms with Gasteiger partial charge in [-0.25, -0.2) is 9.97 Å². The Bertz CT molecular complexity index is 1020. The molecule has 0 spiro atoms. The summed E-state index contributed by atoms with van der Waals surface area (Å²) >= 11 is 6.03. The number of anilines is 3. The van der Waals surface area contributed by atoms with Gasteiger partial charge in [0.05, 0.1) is 12.8 Å². The van der Waals surface area contributed by atoms with Gasteiger partial charge in [-0.05, 0) is 68.3 Å². The maximum atomic E-state index is 12.7. The highest BCUT2D eigenvalue weighted by Gasteiger charge is 2.14. The fraction of sp³-hybridized carbons (Fsp3) is 0.190. The highest BCUT2D eigenvalue weighted by molar-refractivity contribution is 6.31. The van der Waals surface area contributed by atoms with Gasteiger partial charge in [0.2, 0.25) is 5.95 Å². The number of nitrogens with one attached hydrogen (secondary N) is 2. The zero-order valence-corrected chi connectivity index (χ0v) is 16.9. The van der Waals surface area contributed by atoms with E-state index < -0.39 is 0 Å². The average Bonchev–Trinajstić information content (AvgIpc) is 2.60. The predicted octanol–water partition coefficient (Wildman–Crippen LogP) is 5.06. The molecule has 0 saturated heterocycles. The summed E-state index contributed by atoms with van der Waals surface area (Å²) in [5.41, 5.74) is 4.50. The van der Waals surface area contributed by atoms with Crippen molar-refractivity contribution in [2.75, 3.05) is 17.7 Å². The summed E-state index contributed by atoms with van der Waals surface area (Å²) in [6, 6.07) is 12.7. The van der Waals surface area contributed by atoms with Crippen LogP contribution in [0.1, 0.15) is 27.3 Å².